The Morgan fingerprint density at radius 3 is 1.77 bits per heavy atom. The molecule has 0 amide bonds. The Balaban J connectivity index is 1.88. The largest absolute Gasteiger partial charge is 0.246 e. The van der Waals surface area contributed by atoms with Crippen LogP contribution in [0, 0.1) is 11.8 Å². The molecule has 1 aromatic heterocycles. The number of aromatic nitrogens is 1. The molecule has 1 heteroatoms. The summed E-state index contributed by atoms with van der Waals surface area (Å²) in [5, 5.41) is 1.11. The van der Waals surface area contributed by atoms with E-state index in [-0.39, 0.29) is 0 Å². The van der Waals surface area contributed by atoms with Crippen molar-refractivity contribution in [2.24, 2.45) is 0 Å². The molecule has 140 valence electrons. The third-order valence-electron chi connectivity index (χ3n) is 5.11. The summed E-state index contributed by atoms with van der Waals surface area (Å²) in [6.07, 6.45) is 0. The second kappa shape index (κ2) is 8.07. The molecule has 4 aromatic carbocycles. The highest BCUT2D eigenvalue weighted by molar-refractivity contribution is 6.00. The number of hydrogen-bond donors (Lipinski definition) is 0. The smallest absolute Gasteiger partial charge is 0.0872 e. The van der Waals surface area contributed by atoms with Crippen molar-refractivity contribution in [3.05, 3.63) is 126 Å². The average Bonchev–Trinajstić information content (AvgIpc) is 2.83. The summed E-state index contributed by atoms with van der Waals surface area (Å²) in [6.45, 7) is 0. The Bertz CT molecular complexity index is 1360. The molecule has 0 saturated heterocycles. The standard InChI is InChI=1S/C29H19N/c1-4-12-22(13-5-1)20-21-26-28(23-14-6-2-7-15-23)25-18-10-11-19-27(25)30-29(26)24-16-8-3-9-17-24/h1-19H. The fraction of sp³-hybridized carbons (Fsp3) is 0. The predicted molar refractivity (Wildman–Crippen MR) is 125 cm³/mol. The van der Waals surface area contributed by atoms with Gasteiger partial charge in [-0.15, -0.1) is 0 Å². The van der Waals surface area contributed by atoms with Crippen LogP contribution in [0.25, 0.3) is 33.3 Å². The van der Waals surface area contributed by atoms with Gasteiger partial charge in [0.1, 0.15) is 0 Å². The molecule has 0 atom stereocenters. The first-order chi connectivity index (χ1) is 14.9. The first-order valence-electron chi connectivity index (χ1n) is 10.0. The summed E-state index contributed by atoms with van der Waals surface area (Å²) < 4.78 is 0. The Kier molecular flexibility index (Phi) is 4.82. The van der Waals surface area contributed by atoms with Crippen LogP contribution in [0.1, 0.15) is 11.1 Å². The molecule has 1 heterocycles. The maximum atomic E-state index is 5.04. The van der Waals surface area contributed by atoms with Gasteiger partial charge in [0, 0.05) is 22.1 Å². The summed E-state index contributed by atoms with van der Waals surface area (Å²) in [6, 6.07) is 39.2. The lowest BCUT2D eigenvalue weighted by molar-refractivity contribution is 1.38. The van der Waals surface area contributed by atoms with Gasteiger partial charge in [-0.25, -0.2) is 4.98 Å². The van der Waals surface area contributed by atoms with Crippen molar-refractivity contribution in [1.82, 2.24) is 4.98 Å². The van der Waals surface area contributed by atoms with Crippen LogP contribution in [0.3, 0.4) is 0 Å². The molecule has 1 nitrogen and oxygen atoms in total. The van der Waals surface area contributed by atoms with E-state index in [2.05, 4.69) is 66.4 Å². The van der Waals surface area contributed by atoms with E-state index in [4.69, 9.17) is 4.98 Å². The van der Waals surface area contributed by atoms with Crippen LogP contribution in [-0.2, 0) is 0 Å². The molecular weight excluding hydrogens is 362 g/mol. The van der Waals surface area contributed by atoms with Crippen molar-refractivity contribution >= 4 is 10.9 Å². The van der Waals surface area contributed by atoms with E-state index in [0.717, 1.165) is 44.4 Å². The van der Waals surface area contributed by atoms with Gasteiger partial charge in [-0.2, -0.15) is 0 Å². The summed E-state index contributed by atoms with van der Waals surface area (Å²) in [7, 11) is 0. The number of pyridine rings is 1. The van der Waals surface area contributed by atoms with Crippen LogP contribution < -0.4 is 0 Å². The quantitative estimate of drug-likeness (QED) is 0.301. The van der Waals surface area contributed by atoms with Crippen LogP contribution in [0.2, 0.25) is 0 Å². The minimum Gasteiger partial charge on any atom is -0.246 e. The normalized spacial score (nSPS) is 10.4. The Hall–Kier alpha value is -4.15. The fourth-order valence-corrected chi connectivity index (χ4v) is 3.70. The second-order valence-electron chi connectivity index (χ2n) is 7.08. The van der Waals surface area contributed by atoms with Crippen LogP contribution >= 0.6 is 0 Å². The number of fused-ring (bicyclic) bond motifs is 1. The lowest BCUT2D eigenvalue weighted by Gasteiger charge is -2.14. The molecule has 0 N–H and O–H groups in total. The van der Waals surface area contributed by atoms with Crippen LogP contribution in [-0.4, -0.2) is 4.98 Å². The zero-order valence-corrected chi connectivity index (χ0v) is 16.4. The molecule has 0 unspecified atom stereocenters. The van der Waals surface area contributed by atoms with E-state index in [1.165, 1.54) is 0 Å². The fourth-order valence-electron chi connectivity index (χ4n) is 3.70. The minimum atomic E-state index is 0.914. The van der Waals surface area contributed by atoms with Crippen LogP contribution in [0.5, 0.6) is 0 Å². The predicted octanol–water partition coefficient (Wildman–Crippen LogP) is 6.97. The number of nitrogens with zero attached hydrogens (tertiary/aromatic N) is 1. The number of benzene rings is 4. The highest BCUT2D eigenvalue weighted by Crippen LogP contribution is 2.36. The SMILES string of the molecule is C(#Cc1c(-c2ccccc2)nc2ccccc2c1-c1ccccc1)c1ccccc1. The third kappa shape index (κ3) is 3.48. The number of hydrogen-bond acceptors (Lipinski definition) is 1. The van der Waals surface area contributed by atoms with E-state index in [0.29, 0.717) is 0 Å². The van der Waals surface area contributed by atoms with Crippen molar-refractivity contribution in [2.45, 2.75) is 0 Å². The highest BCUT2D eigenvalue weighted by Gasteiger charge is 2.16. The summed E-state index contributed by atoms with van der Waals surface area (Å²) >= 11 is 0. The molecule has 0 bridgehead atoms. The van der Waals surface area contributed by atoms with Gasteiger partial charge >= 0.3 is 0 Å². The van der Waals surface area contributed by atoms with E-state index in [1.807, 2.05) is 60.7 Å². The molecule has 0 radical (unpaired) electrons. The zero-order valence-electron chi connectivity index (χ0n) is 16.4. The van der Waals surface area contributed by atoms with Crippen LogP contribution in [0.4, 0.5) is 0 Å². The molecule has 30 heavy (non-hydrogen) atoms. The average molecular weight is 381 g/mol. The van der Waals surface area contributed by atoms with Gasteiger partial charge in [0.25, 0.3) is 0 Å². The van der Waals surface area contributed by atoms with Gasteiger partial charge in [0.15, 0.2) is 0 Å². The lowest BCUT2D eigenvalue weighted by Crippen LogP contribution is -1.96. The molecule has 0 fully saturated rings. The third-order valence-corrected chi connectivity index (χ3v) is 5.11. The van der Waals surface area contributed by atoms with Gasteiger partial charge in [0.2, 0.25) is 0 Å². The number of rotatable bonds is 2. The van der Waals surface area contributed by atoms with E-state index >= 15 is 0 Å². The monoisotopic (exact) mass is 381 g/mol. The van der Waals surface area contributed by atoms with Crippen molar-refractivity contribution in [3.8, 4) is 34.2 Å². The van der Waals surface area contributed by atoms with Crippen molar-refractivity contribution < 1.29 is 0 Å². The van der Waals surface area contributed by atoms with Gasteiger partial charge in [-0.05, 0) is 23.8 Å². The Morgan fingerprint density at radius 1 is 0.500 bits per heavy atom. The van der Waals surface area contributed by atoms with Crippen molar-refractivity contribution in [3.63, 3.8) is 0 Å². The molecule has 0 spiro atoms. The van der Waals surface area contributed by atoms with Crippen LogP contribution in [0.15, 0.2) is 115 Å². The molecule has 0 aliphatic rings. The first kappa shape index (κ1) is 17.9. The maximum Gasteiger partial charge on any atom is 0.0872 e. The molecule has 0 aliphatic heterocycles. The minimum absolute atomic E-state index is 0.914. The molecule has 5 rings (SSSR count). The Morgan fingerprint density at radius 2 is 1.07 bits per heavy atom. The zero-order chi connectivity index (χ0) is 20.2. The first-order valence-corrected chi connectivity index (χ1v) is 10.0. The second-order valence-corrected chi connectivity index (χ2v) is 7.08. The van der Waals surface area contributed by atoms with E-state index < -0.39 is 0 Å². The molecular formula is C29H19N. The summed E-state index contributed by atoms with van der Waals surface area (Å²) in [4.78, 5) is 5.04. The summed E-state index contributed by atoms with van der Waals surface area (Å²) in [5.41, 5.74) is 7.17. The maximum absolute atomic E-state index is 5.04. The molecule has 5 aromatic rings. The molecule has 0 saturated carbocycles. The van der Waals surface area contributed by atoms with E-state index in [9.17, 15) is 0 Å². The van der Waals surface area contributed by atoms with Crippen molar-refractivity contribution in [1.29, 1.82) is 0 Å². The van der Waals surface area contributed by atoms with Crippen molar-refractivity contribution in [2.75, 3.05) is 0 Å². The molecule has 0 aliphatic carbocycles. The van der Waals surface area contributed by atoms with Gasteiger partial charge in [-0.1, -0.05) is 109 Å². The van der Waals surface area contributed by atoms with E-state index in [1.54, 1.807) is 0 Å². The highest BCUT2D eigenvalue weighted by atomic mass is 14.7. The van der Waals surface area contributed by atoms with Gasteiger partial charge < -0.3 is 0 Å². The Labute approximate surface area is 176 Å². The lowest BCUT2D eigenvalue weighted by atomic mass is 9.92. The summed E-state index contributed by atoms with van der Waals surface area (Å²) in [5.74, 6) is 6.83. The van der Waals surface area contributed by atoms with Gasteiger partial charge in [0.05, 0.1) is 16.8 Å². The number of para-hydroxylation sites is 1. The van der Waals surface area contributed by atoms with Gasteiger partial charge in [-0.3, -0.25) is 0 Å². The topological polar surface area (TPSA) is 12.9 Å².